The van der Waals surface area contributed by atoms with Crippen LogP contribution in [0.3, 0.4) is 0 Å². The number of rotatable bonds is 6. The maximum atomic E-state index is 13.0. The van der Waals surface area contributed by atoms with Gasteiger partial charge in [0.05, 0.1) is 11.3 Å². The second-order valence-corrected chi connectivity index (χ2v) is 9.58. The van der Waals surface area contributed by atoms with E-state index in [2.05, 4.69) is 21.6 Å². The van der Waals surface area contributed by atoms with Gasteiger partial charge in [0.1, 0.15) is 17.7 Å². The fourth-order valence-electron chi connectivity index (χ4n) is 3.53. The summed E-state index contributed by atoms with van der Waals surface area (Å²) in [5.74, 6) is -0.236. The number of hydrogen-bond donors (Lipinski definition) is 2. The Morgan fingerprint density at radius 1 is 1.29 bits per heavy atom. The molecule has 0 aliphatic carbocycles. The van der Waals surface area contributed by atoms with Crippen LogP contribution >= 0.6 is 11.3 Å². The van der Waals surface area contributed by atoms with Crippen molar-refractivity contribution in [1.82, 2.24) is 10.6 Å². The molecule has 1 saturated heterocycles. The van der Waals surface area contributed by atoms with E-state index in [0.29, 0.717) is 18.5 Å². The van der Waals surface area contributed by atoms with Crippen LogP contribution in [0, 0.1) is 11.3 Å². The summed E-state index contributed by atoms with van der Waals surface area (Å²) < 4.78 is 5.34. The monoisotopic (exact) mass is 440 g/mol. The number of para-hydroxylation sites is 1. The molecule has 1 aliphatic rings. The summed E-state index contributed by atoms with van der Waals surface area (Å²) in [6.45, 7) is 6.72. The maximum Gasteiger partial charge on any atom is 0.408 e. The highest BCUT2D eigenvalue weighted by Gasteiger charge is 2.30. The van der Waals surface area contributed by atoms with Crippen LogP contribution in [0.1, 0.15) is 37.6 Å². The number of nitrogens with zero attached hydrogens (tertiary/aromatic N) is 2. The van der Waals surface area contributed by atoms with Gasteiger partial charge in [-0.3, -0.25) is 4.79 Å². The molecule has 3 rings (SSSR count). The van der Waals surface area contributed by atoms with Gasteiger partial charge in [0, 0.05) is 30.4 Å². The molecular formula is C23H28N4O3S. The quantitative estimate of drug-likeness (QED) is 0.717. The molecule has 8 heteroatoms. The third-order valence-corrected chi connectivity index (χ3v) is 5.79. The minimum Gasteiger partial charge on any atom is -0.444 e. The van der Waals surface area contributed by atoms with Crippen LogP contribution in [0.5, 0.6) is 0 Å². The molecule has 1 aromatic heterocycles. The number of hydrogen-bond acceptors (Lipinski definition) is 6. The summed E-state index contributed by atoms with van der Waals surface area (Å²) in [7, 11) is 0. The van der Waals surface area contributed by atoms with Gasteiger partial charge < -0.3 is 20.3 Å². The number of nitriles is 1. The van der Waals surface area contributed by atoms with Crippen LogP contribution in [0.25, 0.3) is 0 Å². The van der Waals surface area contributed by atoms with Crippen molar-refractivity contribution in [3.8, 4) is 6.07 Å². The Hall–Kier alpha value is -3.05. The largest absolute Gasteiger partial charge is 0.444 e. The molecule has 0 spiro atoms. The summed E-state index contributed by atoms with van der Waals surface area (Å²) >= 11 is 1.54. The summed E-state index contributed by atoms with van der Waals surface area (Å²) in [5.41, 5.74) is 0.856. The average molecular weight is 441 g/mol. The van der Waals surface area contributed by atoms with E-state index in [-0.39, 0.29) is 11.9 Å². The van der Waals surface area contributed by atoms with Crippen LogP contribution in [-0.4, -0.2) is 42.8 Å². The van der Waals surface area contributed by atoms with E-state index in [0.717, 1.165) is 23.5 Å². The molecule has 1 aliphatic heterocycles. The van der Waals surface area contributed by atoms with Crippen LogP contribution in [0.15, 0.2) is 41.8 Å². The van der Waals surface area contributed by atoms with E-state index >= 15 is 0 Å². The third-order valence-electron chi connectivity index (χ3n) is 4.89. The number of thiophene rings is 1. The Balaban J connectivity index is 1.64. The SMILES string of the molecule is CC(C)(C)OC(=O)NC(Cc1cccs1)C(=O)NC1CCN(c2ccccc2C#N)C1. The molecule has 1 aromatic carbocycles. The average Bonchev–Trinajstić information content (AvgIpc) is 3.38. The van der Waals surface area contributed by atoms with Gasteiger partial charge in [-0.1, -0.05) is 18.2 Å². The number of carbonyl (C=O) groups excluding carboxylic acids is 2. The number of carbonyl (C=O) groups is 2. The molecule has 0 saturated carbocycles. The van der Waals surface area contributed by atoms with Crippen molar-refractivity contribution in [2.24, 2.45) is 0 Å². The summed E-state index contributed by atoms with van der Waals surface area (Å²) in [6.07, 6.45) is 0.556. The number of benzene rings is 1. The number of amides is 2. The molecule has 2 aromatic rings. The van der Waals surface area contributed by atoms with Crippen molar-refractivity contribution in [2.75, 3.05) is 18.0 Å². The first-order valence-corrected chi connectivity index (χ1v) is 11.2. The first-order valence-electron chi connectivity index (χ1n) is 10.3. The van der Waals surface area contributed by atoms with Crippen molar-refractivity contribution in [3.63, 3.8) is 0 Å². The van der Waals surface area contributed by atoms with Gasteiger partial charge in [0.2, 0.25) is 5.91 Å². The second-order valence-electron chi connectivity index (χ2n) is 8.55. The van der Waals surface area contributed by atoms with Crippen LogP contribution in [-0.2, 0) is 16.0 Å². The van der Waals surface area contributed by atoms with Gasteiger partial charge in [-0.25, -0.2) is 4.79 Å². The standard InChI is InChI=1S/C23H28N4O3S/c1-23(2,3)30-22(29)26-19(13-18-8-6-12-31-18)21(28)25-17-10-11-27(15-17)20-9-5-4-7-16(20)14-24/h4-9,12,17,19H,10-11,13,15H2,1-3H3,(H,25,28)(H,26,29). The highest BCUT2D eigenvalue weighted by Crippen LogP contribution is 2.24. The Labute approximate surface area is 187 Å². The zero-order chi connectivity index (χ0) is 22.4. The van der Waals surface area contributed by atoms with E-state index in [1.54, 1.807) is 38.2 Å². The lowest BCUT2D eigenvalue weighted by molar-refractivity contribution is -0.123. The van der Waals surface area contributed by atoms with Gasteiger partial charge in [-0.2, -0.15) is 5.26 Å². The fourth-order valence-corrected chi connectivity index (χ4v) is 4.28. The van der Waals surface area contributed by atoms with Crippen molar-refractivity contribution in [2.45, 2.75) is 51.3 Å². The topological polar surface area (TPSA) is 94.5 Å². The van der Waals surface area contributed by atoms with Crippen molar-refractivity contribution < 1.29 is 14.3 Å². The van der Waals surface area contributed by atoms with E-state index < -0.39 is 17.7 Å². The second kappa shape index (κ2) is 9.84. The fraction of sp³-hybridized carbons (Fsp3) is 0.435. The number of nitrogens with one attached hydrogen (secondary N) is 2. The van der Waals surface area contributed by atoms with Gasteiger partial charge in [-0.15, -0.1) is 11.3 Å². The van der Waals surface area contributed by atoms with Gasteiger partial charge in [0.25, 0.3) is 0 Å². The molecule has 7 nitrogen and oxygen atoms in total. The number of alkyl carbamates (subject to hydrolysis) is 1. The zero-order valence-corrected chi connectivity index (χ0v) is 18.9. The molecule has 2 atom stereocenters. The Morgan fingerprint density at radius 2 is 2.06 bits per heavy atom. The third kappa shape index (κ3) is 6.46. The zero-order valence-electron chi connectivity index (χ0n) is 18.1. The van der Waals surface area contributed by atoms with Crippen LogP contribution in [0.4, 0.5) is 10.5 Å². The minimum absolute atomic E-state index is 0.0643. The molecule has 164 valence electrons. The molecule has 2 amide bonds. The molecule has 2 N–H and O–H groups in total. The van der Waals surface area contributed by atoms with Crippen molar-refractivity contribution in [3.05, 3.63) is 52.2 Å². The van der Waals surface area contributed by atoms with Crippen LogP contribution in [0.2, 0.25) is 0 Å². The first-order chi connectivity index (χ1) is 14.7. The lowest BCUT2D eigenvalue weighted by Crippen LogP contribution is -2.52. The summed E-state index contributed by atoms with van der Waals surface area (Å²) in [5, 5.41) is 17.1. The highest BCUT2D eigenvalue weighted by molar-refractivity contribution is 7.09. The molecule has 0 bridgehead atoms. The van der Waals surface area contributed by atoms with E-state index in [9.17, 15) is 14.9 Å². The number of ether oxygens (including phenoxy) is 1. The maximum absolute atomic E-state index is 13.0. The Bertz CT molecular complexity index is 946. The van der Waals surface area contributed by atoms with Gasteiger partial charge >= 0.3 is 6.09 Å². The minimum atomic E-state index is -0.728. The lowest BCUT2D eigenvalue weighted by Gasteiger charge is -2.24. The van der Waals surface area contributed by atoms with Crippen molar-refractivity contribution >= 4 is 29.0 Å². The normalized spacial score (nSPS) is 17.0. The van der Waals surface area contributed by atoms with E-state index in [1.165, 1.54) is 0 Å². The molecular weight excluding hydrogens is 412 g/mol. The molecule has 2 heterocycles. The molecule has 2 unspecified atom stereocenters. The lowest BCUT2D eigenvalue weighted by atomic mass is 10.1. The van der Waals surface area contributed by atoms with E-state index in [1.807, 2.05) is 35.7 Å². The summed E-state index contributed by atoms with van der Waals surface area (Å²) in [6, 6.07) is 12.8. The Morgan fingerprint density at radius 3 is 2.74 bits per heavy atom. The number of anilines is 1. The van der Waals surface area contributed by atoms with E-state index in [4.69, 9.17) is 4.74 Å². The highest BCUT2D eigenvalue weighted by atomic mass is 32.1. The van der Waals surface area contributed by atoms with Gasteiger partial charge in [-0.05, 0) is 50.8 Å². The summed E-state index contributed by atoms with van der Waals surface area (Å²) in [4.78, 5) is 28.5. The predicted molar refractivity (Wildman–Crippen MR) is 121 cm³/mol. The molecule has 1 fully saturated rings. The van der Waals surface area contributed by atoms with Crippen LogP contribution < -0.4 is 15.5 Å². The van der Waals surface area contributed by atoms with Crippen molar-refractivity contribution in [1.29, 1.82) is 5.26 Å². The predicted octanol–water partition coefficient (Wildman–Crippen LogP) is 3.45. The molecule has 31 heavy (non-hydrogen) atoms. The Kier molecular flexibility index (Phi) is 7.18. The molecule has 0 radical (unpaired) electrons. The van der Waals surface area contributed by atoms with Gasteiger partial charge in [0.15, 0.2) is 0 Å². The smallest absolute Gasteiger partial charge is 0.408 e. The first kappa shape index (κ1) is 22.6.